The molecule has 0 aromatic heterocycles. The molecule has 1 saturated heterocycles. The van der Waals surface area contributed by atoms with Crippen LogP contribution in [0, 0.1) is 11.7 Å². The fourth-order valence-corrected chi connectivity index (χ4v) is 4.61. The van der Waals surface area contributed by atoms with Crippen LogP contribution in [0.15, 0.2) is 59.5 Å². The predicted octanol–water partition coefficient (Wildman–Crippen LogP) is 2.81. The van der Waals surface area contributed by atoms with E-state index in [4.69, 9.17) is 4.74 Å². The zero-order valence-corrected chi connectivity index (χ0v) is 17.1. The van der Waals surface area contributed by atoms with E-state index >= 15 is 0 Å². The number of carbonyl (C=O) groups is 1. The summed E-state index contributed by atoms with van der Waals surface area (Å²) in [6.45, 7) is 3.13. The molecule has 8 heteroatoms. The highest BCUT2D eigenvalue weighted by Gasteiger charge is 2.30. The molecule has 2 aromatic rings. The van der Waals surface area contributed by atoms with Crippen LogP contribution in [0.4, 0.5) is 4.39 Å². The second-order valence-electron chi connectivity index (χ2n) is 7.17. The molecule has 0 unspecified atom stereocenters. The minimum Gasteiger partial charge on any atom is -0.493 e. The number of hydrogen-bond donors (Lipinski definition) is 1. The van der Waals surface area contributed by atoms with Gasteiger partial charge in [0, 0.05) is 13.1 Å². The number of amides is 1. The molecule has 3 rings (SSSR count). The molecule has 156 valence electrons. The molecular formula is C21H25FN2O4S. The molecule has 1 N–H and O–H groups in total. The van der Waals surface area contributed by atoms with Crippen molar-refractivity contribution in [3.05, 3.63) is 60.4 Å². The number of para-hydroxylation sites is 1. The highest BCUT2D eigenvalue weighted by molar-refractivity contribution is 7.89. The summed E-state index contributed by atoms with van der Waals surface area (Å²) in [6, 6.07) is 13.7. The molecule has 1 heterocycles. The Morgan fingerprint density at radius 3 is 2.41 bits per heavy atom. The first-order valence-electron chi connectivity index (χ1n) is 9.60. The molecule has 0 aliphatic carbocycles. The number of sulfonamides is 1. The monoisotopic (exact) mass is 420 g/mol. The summed E-state index contributed by atoms with van der Waals surface area (Å²) >= 11 is 0. The van der Waals surface area contributed by atoms with Gasteiger partial charge >= 0.3 is 0 Å². The van der Waals surface area contributed by atoms with Crippen molar-refractivity contribution in [2.24, 2.45) is 5.92 Å². The van der Waals surface area contributed by atoms with E-state index in [2.05, 4.69) is 4.72 Å². The molecule has 1 aliphatic heterocycles. The third kappa shape index (κ3) is 5.55. The number of hydrogen-bond acceptors (Lipinski definition) is 4. The van der Waals surface area contributed by atoms with Gasteiger partial charge in [-0.3, -0.25) is 4.79 Å². The quantitative estimate of drug-likeness (QED) is 0.747. The first kappa shape index (κ1) is 21.3. The molecule has 0 spiro atoms. The minimum atomic E-state index is -4.12. The third-order valence-electron chi connectivity index (χ3n) is 4.98. The van der Waals surface area contributed by atoms with Crippen LogP contribution < -0.4 is 9.46 Å². The molecule has 6 nitrogen and oxygen atoms in total. The van der Waals surface area contributed by atoms with Crippen LogP contribution in [-0.4, -0.2) is 45.0 Å². The number of likely N-dealkylation sites (tertiary alicyclic amines) is 1. The van der Waals surface area contributed by atoms with Gasteiger partial charge in [0.25, 0.3) is 0 Å². The molecule has 0 radical (unpaired) electrons. The van der Waals surface area contributed by atoms with Crippen LogP contribution in [0.5, 0.6) is 5.75 Å². The number of carbonyl (C=O) groups excluding carboxylic acids is 1. The van der Waals surface area contributed by atoms with Gasteiger partial charge in [-0.25, -0.2) is 12.8 Å². The van der Waals surface area contributed by atoms with Gasteiger partial charge in [0.1, 0.15) is 16.5 Å². The summed E-state index contributed by atoms with van der Waals surface area (Å²) in [5.41, 5.74) is 0. The van der Waals surface area contributed by atoms with Gasteiger partial charge in [-0.1, -0.05) is 30.3 Å². The number of benzene rings is 2. The lowest BCUT2D eigenvalue weighted by Gasteiger charge is -2.33. The molecule has 2 aromatic carbocycles. The van der Waals surface area contributed by atoms with Crippen LogP contribution in [0.1, 0.15) is 19.8 Å². The molecule has 0 saturated carbocycles. The Balaban J connectivity index is 1.50. The zero-order chi connectivity index (χ0) is 20.9. The summed E-state index contributed by atoms with van der Waals surface area (Å²) in [7, 11) is -4.12. The standard InChI is InChI=1S/C21H25FN2O4S/c1-16(23-29(26,27)20-10-6-5-9-19(20)22)21(25)24-13-11-17(12-14-24)15-28-18-7-3-2-4-8-18/h2-10,16-17,23H,11-15H2,1H3/t16-/m0/s1. The van der Waals surface area contributed by atoms with E-state index in [0.717, 1.165) is 24.7 Å². The van der Waals surface area contributed by atoms with E-state index in [0.29, 0.717) is 25.6 Å². The molecule has 1 atom stereocenters. The van der Waals surface area contributed by atoms with E-state index in [1.54, 1.807) is 4.90 Å². The summed E-state index contributed by atoms with van der Waals surface area (Å²) in [5, 5.41) is 0. The SMILES string of the molecule is C[C@H](NS(=O)(=O)c1ccccc1F)C(=O)N1CCC(COc2ccccc2)CC1. The molecular weight excluding hydrogens is 395 g/mol. The van der Waals surface area contributed by atoms with Gasteiger partial charge < -0.3 is 9.64 Å². The van der Waals surface area contributed by atoms with Crippen LogP contribution >= 0.6 is 0 Å². The average molecular weight is 421 g/mol. The first-order valence-corrected chi connectivity index (χ1v) is 11.1. The maximum atomic E-state index is 13.8. The lowest BCUT2D eigenvalue weighted by atomic mass is 9.97. The van der Waals surface area contributed by atoms with Crippen LogP contribution in [0.3, 0.4) is 0 Å². The Labute approximate surface area is 170 Å². The number of halogens is 1. The van der Waals surface area contributed by atoms with Gasteiger partial charge in [-0.05, 0) is 49.9 Å². The average Bonchev–Trinajstić information content (AvgIpc) is 2.72. The van der Waals surface area contributed by atoms with E-state index < -0.39 is 26.8 Å². The summed E-state index contributed by atoms with van der Waals surface area (Å²) < 4.78 is 46.6. The maximum Gasteiger partial charge on any atom is 0.244 e. The normalized spacial score (nSPS) is 16.4. The van der Waals surface area contributed by atoms with E-state index in [1.165, 1.54) is 25.1 Å². The minimum absolute atomic E-state index is 0.313. The fraction of sp³-hybridized carbons (Fsp3) is 0.381. The third-order valence-corrected chi connectivity index (χ3v) is 6.56. The van der Waals surface area contributed by atoms with Crippen molar-refractivity contribution >= 4 is 15.9 Å². The van der Waals surface area contributed by atoms with Crippen molar-refractivity contribution in [2.45, 2.75) is 30.7 Å². The zero-order valence-electron chi connectivity index (χ0n) is 16.3. The molecule has 29 heavy (non-hydrogen) atoms. The van der Waals surface area contributed by atoms with Crippen molar-refractivity contribution in [2.75, 3.05) is 19.7 Å². The molecule has 1 fully saturated rings. The molecule has 0 bridgehead atoms. The van der Waals surface area contributed by atoms with Crippen molar-refractivity contribution in [1.29, 1.82) is 0 Å². The van der Waals surface area contributed by atoms with E-state index in [1.807, 2.05) is 30.3 Å². The topological polar surface area (TPSA) is 75.7 Å². The van der Waals surface area contributed by atoms with Crippen molar-refractivity contribution < 1.29 is 22.3 Å². The van der Waals surface area contributed by atoms with Gasteiger partial charge in [0.05, 0.1) is 12.6 Å². The van der Waals surface area contributed by atoms with E-state index in [-0.39, 0.29) is 5.91 Å². The Morgan fingerprint density at radius 2 is 1.76 bits per heavy atom. The Hall–Kier alpha value is -2.45. The van der Waals surface area contributed by atoms with Crippen molar-refractivity contribution in [3.63, 3.8) is 0 Å². The molecule has 1 amide bonds. The van der Waals surface area contributed by atoms with Crippen LogP contribution in [-0.2, 0) is 14.8 Å². The highest BCUT2D eigenvalue weighted by atomic mass is 32.2. The van der Waals surface area contributed by atoms with E-state index in [9.17, 15) is 17.6 Å². The first-order chi connectivity index (χ1) is 13.9. The number of nitrogens with zero attached hydrogens (tertiary/aromatic N) is 1. The predicted molar refractivity (Wildman–Crippen MR) is 107 cm³/mol. The summed E-state index contributed by atoms with van der Waals surface area (Å²) in [6.07, 6.45) is 1.57. The second kappa shape index (κ2) is 9.37. The highest BCUT2D eigenvalue weighted by Crippen LogP contribution is 2.20. The Morgan fingerprint density at radius 1 is 1.14 bits per heavy atom. The van der Waals surface area contributed by atoms with Gasteiger partial charge in [-0.15, -0.1) is 0 Å². The Bertz CT molecular complexity index is 929. The van der Waals surface area contributed by atoms with Gasteiger partial charge in [0.15, 0.2) is 0 Å². The van der Waals surface area contributed by atoms with Crippen molar-refractivity contribution in [1.82, 2.24) is 9.62 Å². The lowest BCUT2D eigenvalue weighted by Crippen LogP contribution is -2.49. The fourth-order valence-electron chi connectivity index (χ4n) is 3.33. The summed E-state index contributed by atoms with van der Waals surface area (Å²) in [5.74, 6) is -0.00179. The van der Waals surface area contributed by atoms with Crippen LogP contribution in [0.2, 0.25) is 0 Å². The van der Waals surface area contributed by atoms with Gasteiger partial charge in [-0.2, -0.15) is 4.72 Å². The number of rotatable bonds is 7. The Kier molecular flexibility index (Phi) is 6.87. The second-order valence-corrected chi connectivity index (χ2v) is 8.85. The molecule has 1 aliphatic rings. The number of ether oxygens (including phenoxy) is 1. The number of nitrogens with one attached hydrogen (secondary N) is 1. The summed E-state index contributed by atoms with van der Waals surface area (Å²) in [4.78, 5) is 13.8. The lowest BCUT2D eigenvalue weighted by molar-refractivity contribution is -0.134. The maximum absolute atomic E-state index is 13.8. The number of piperidine rings is 1. The smallest absolute Gasteiger partial charge is 0.244 e. The largest absolute Gasteiger partial charge is 0.493 e. The van der Waals surface area contributed by atoms with Crippen molar-refractivity contribution in [3.8, 4) is 5.75 Å². The van der Waals surface area contributed by atoms with Gasteiger partial charge in [0.2, 0.25) is 15.9 Å². The van der Waals surface area contributed by atoms with Crippen LogP contribution in [0.25, 0.3) is 0 Å².